The first-order chi connectivity index (χ1) is 9.64. The molecule has 0 aliphatic rings. The molecule has 0 aromatic heterocycles. The molecule has 0 saturated heterocycles. The van der Waals surface area contributed by atoms with E-state index in [2.05, 4.69) is 12.2 Å². The monoisotopic (exact) mass is 289 g/mol. The summed E-state index contributed by atoms with van der Waals surface area (Å²) in [5.74, 6) is 0. The third-order valence-corrected chi connectivity index (χ3v) is 4.86. The average Bonchev–Trinajstić information content (AvgIpc) is 2.49. The van der Waals surface area contributed by atoms with Gasteiger partial charge in [0.15, 0.2) is 0 Å². The Morgan fingerprint density at radius 2 is 1.50 bits per heavy atom. The second kappa shape index (κ2) is 6.57. The smallest absolute Gasteiger partial charge is 0.206 e. The van der Waals surface area contributed by atoms with Crippen LogP contribution in [0.1, 0.15) is 19.8 Å². The summed E-state index contributed by atoms with van der Waals surface area (Å²) in [4.78, 5) is 0.649. The van der Waals surface area contributed by atoms with Gasteiger partial charge in [0.25, 0.3) is 0 Å². The van der Waals surface area contributed by atoms with Crippen LogP contribution in [0.3, 0.4) is 0 Å². The third-order valence-electron chi connectivity index (χ3n) is 3.08. The van der Waals surface area contributed by atoms with Crippen molar-refractivity contribution in [3.63, 3.8) is 0 Å². The summed E-state index contributed by atoms with van der Waals surface area (Å²) in [6.45, 7) is 3.04. The molecule has 0 fully saturated rings. The molecule has 1 N–H and O–H groups in total. The van der Waals surface area contributed by atoms with E-state index in [1.807, 2.05) is 12.1 Å². The van der Waals surface area contributed by atoms with Crippen LogP contribution in [0, 0.1) is 0 Å². The Kier molecular flexibility index (Phi) is 4.79. The van der Waals surface area contributed by atoms with Crippen LogP contribution >= 0.6 is 0 Å². The van der Waals surface area contributed by atoms with Gasteiger partial charge in [-0.2, -0.15) is 0 Å². The van der Waals surface area contributed by atoms with Gasteiger partial charge in [-0.05, 0) is 42.8 Å². The zero-order chi connectivity index (χ0) is 14.4. The molecule has 2 aromatic carbocycles. The maximum atomic E-state index is 12.4. The number of anilines is 1. The van der Waals surface area contributed by atoms with Gasteiger partial charge in [-0.1, -0.05) is 31.5 Å². The van der Waals surface area contributed by atoms with Gasteiger partial charge in [0.1, 0.15) is 0 Å². The lowest BCUT2D eigenvalue weighted by Gasteiger charge is -2.08. The van der Waals surface area contributed by atoms with Gasteiger partial charge in [-0.25, -0.2) is 8.42 Å². The van der Waals surface area contributed by atoms with Crippen molar-refractivity contribution in [3.8, 4) is 0 Å². The van der Waals surface area contributed by atoms with Crippen LogP contribution in [0.25, 0.3) is 0 Å². The number of rotatable bonds is 6. The van der Waals surface area contributed by atoms with Gasteiger partial charge < -0.3 is 5.32 Å². The molecule has 0 amide bonds. The highest BCUT2D eigenvalue weighted by molar-refractivity contribution is 7.91. The lowest BCUT2D eigenvalue weighted by Crippen LogP contribution is -2.03. The van der Waals surface area contributed by atoms with E-state index >= 15 is 0 Å². The first kappa shape index (κ1) is 14.6. The largest absolute Gasteiger partial charge is 0.385 e. The van der Waals surface area contributed by atoms with Crippen molar-refractivity contribution in [2.75, 3.05) is 11.9 Å². The molecule has 2 aromatic rings. The van der Waals surface area contributed by atoms with Gasteiger partial charge in [-0.3, -0.25) is 0 Å². The van der Waals surface area contributed by atoms with Crippen molar-refractivity contribution < 1.29 is 8.42 Å². The topological polar surface area (TPSA) is 46.2 Å². The summed E-state index contributed by atoms with van der Waals surface area (Å²) in [6, 6.07) is 15.4. The Labute approximate surface area is 120 Å². The molecule has 0 unspecified atom stereocenters. The predicted molar refractivity (Wildman–Crippen MR) is 81.7 cm³/mol. The summed E-state index contributed by atoms with van der Waals surface area (Å²) in [5.41, 5.74) is 0.950. The molecule has 0 atom stereocenters. The highest BCUT2D eigenvalue weighted by Gasteiger charge is 2.16. The molecule has 4 heteroatoms. The predicted octanol–water partition coefficient (Wildman–Crippen LogP) is 3.73. The van der Waals surface area contributed by atoms with Crippen molar-refractivity contribution >= 4 is 15.5 Å². The first-order valence-corrected chi connectivity index (χ1v) is 8.27. The molecular formula is C16H19NO2S. The Hall–Kier alpha value is -1.81. The van der Waals surface area contributed by atoms with Crippen LogP contribution in [0.15, 0.2) is 64.4 Å². The fourth-order valence-electron chi connectivity index (χ4n) is 1.90. The van der Waals surface area contributed by atoms with Gasteiger partial charge in [0, 0.05) is 12.2 Å². The molecule has 0 aliphatic heterocycles. The second-order valence-electron chi connectivity index (χ2n) is 4.62. The zero-order valence-electron chi connectivity index (χ0n) is 11.5. The van der Waals surface area contributed by atoms with Gasteiger partial charge in [0.05, 0.1) is 9.79 Å². The van der Waals surface area contributed by atoms with E-state index in [4.69, 9.17) is 0 Å². The van der Waals surface area contributed by atoms with Crippen LogP contribution in [0.2, 0.25) is 0 Å². The number of benzene rings is 2. The lowest BCUT2D eigenvalue weighted by molar-refractivity contribution is 0.596. The quantitative estimate of drug-likeness (QED) is 0.824. The minimum absolute atomic E-state index is 0.324. The summed E-state index contributed by atoms with van der Waals surface area (Å²) in [5, 5.41) is 3.27. The Bertz CT molecular complexity index is 634. The fraction of sp³-hybridized carbons (Fsp3) is 0.250. The van der Waals surface area contributed by atoms with Crippen molar-refractivity contribution in [1.82, 2.24) is 0 Å². The molecule has 0 bridgehead atoms. The molecule has 0 aliphatic carbocycles. The van der Waals surface area contributed by atoms with Crippen LogP contribution in [-0.4, -0.2) is 15.0 Å². The van der Waals surface area contributed by atoms with E-state index in [0.717, 1.165) is 25.1 Å². The van der Waals surface area contributed by atoms with Gasteiger partial charge >= 0.3 is 0 Å². The number of hydrogen-bond donors (Lipinski definition) is 1. The average molecular weight is 289 g/mol. The van der Waals surface area contributed by atoms with Gasteiger partial charge in [-0.15, -0.1) is 0 Å². The summed E-state index contributed by atoms with van der Waals surface area (Å²) in [7, 11) is -3.41. The highest BCUT2D eigenvalue weighted by atomic mass is 32.2. The first-order valence-electron chi connectivity index (χ1n) is 6.78. The Morgan fingerprint density at radius 1 is 0.900 bits per heavy atom. The molecule has 2 rings (SSSR count). The standard InChI is InChI=1S/C16H19NO2S/c1-2-3-13-17-14-9-11-16(12-10-14)20(18,19)15-7-5-4-6-8-15/h4-12,17H,2-3,13H2,1H3. The summed E-state index contributed by atoms with van der Waals surface area (Å²) < 4.78 is 24.8. The van der Waals surface area contributed by atoms with Crippen molar-refractivity contribution in [3.05, 3.63) is 54.6 Å². The molecule has 0 spiro atoms. The van der Waals surface area contributed by atoms with Crippen molar-refractivity contribution in [2.45, 2.75) is 29.6 Å². The molecule has 20 heavy (non-hydrogen) atoms. The number of unbranched alkanes of at least 4 members (excludes halogenated alkanes) is 1. The maximum Gasteiger partial charge on any atom is 0.206 e. The van der Waals surface area contributed by atoms with E-state index in [0.29, 0.717) is 9.79 Å². The number of nitrogens with one attached hydrogen (secondary N) is 1. The van der Waals surface area contributed by atoms with Crippen LogP contribution in [-0.2, 0) is 9.84 Å². The molecule has 0 radical (unpaired) electrons. The van der Waals surface area contributed by atoms with Gasteiger partial charge in [0.2, 0.25) is 9.84 Å². The van der Waals surface area contributed by atoms with Crippen LogP contribution in [0.4, 0.5) is 5.69 Å². The fourth-order valence-corrected chi connectivity index (χ4v) is 3.18. The molecular weight excluding hydrogens is 270 g/mol. The molecule has 0 saturated carbocycles. The highest BCUT2D eigenvalue weighted by Crippen LogP contribution is 2.21. The maximum absolute atomic E-state index is 12.4. The minimum Gasteiger partial charge on any atom is -0.385 e. The molecule has 0 heterocycles. The van der Waals surface area contributed by atoms with Crippen LogP contribution in [0.5, 0.6) is 0 Å². The Balaban J connectivity index is 2.17. The van der Waals surface area contributed by atoms with E-state index < -0.39 is 9.84 Å². The minimum atomic E-state index is -3.41. The van der Waals surface area contributed by atoms with E-state index in [1.54, 1.807) is 42.5 Å². The summed E-state index contributed by atoms with van der Waals surface area (Å²) in [6.07, 6.45) is 2.23. The van der Waals surface area contributed by atoms with E-state index in [1.165, 1.54) is 0 Å². The Morgan fingerprint density at radius 3 is 2.10 bits per heavy atom. The number of hydrogen-bond acceptors (Lipinski definition) is 3. The molecule has 106 valence electrons. The van der Waals surface area contributed by atoms with E-state index in [-0.39, 0.29) is 0 Å². The lowest BCUT2D eigenvalue weighted by atomic mass is 10.3. The molecule has 3 nitrogen and oxygen atoms in total. The number of sulfone groups is 1. The van der Waals surface area contributed by atoms with E-state index in [9.17, 15) is 8.42 Å². The summed E-state index contributed by atoms with van der Waals surface area (Å²) >= 11 is 0. The van der Waals surface area contributed by atoms with Crippen molar-refractivity contribution in [1.29, 1.82) is 0 Å². The third kappa shape index (κ3) is 3.39. The second-order valence-corrected chi connectivity index (χ2v) is 6.57. The normalized spacial score (nSPS) is 11.2. The van der Waals surface area contributed by atoms with Crippen molar-refractivity contribution in [2.24, 2.45) is 0 Å². The zero-order valence-corrected chi connectivity index (χ0v) is 12.4. The van der Waals surface area contributed by atoms with Crippen LogP contribution < -0.4 is 5.32 Å². The SMILES string of the molecule is CCCCNc1ccc(S(=O)(=O)c2ccccc2)cc1.